The van der Waals surface area contributed by atoms with Gasteiger partial charge in [-0.15, -0.1) is 0 Å². The number of benzene rings is 1. The molecule has 0 aliphatic carbocycles. The number of rotatable bonds is 1. The highest BCUT2D eigenvalue weighted by molar-refractivity contribution is 6.28. The predicted molar refractivity (Wildman–Crippen MR) is 65.9 cm³/mol. The van der Waals surface area contributed by atoms with E-state index in [0.29, 0.717) is 5.88 Å². The molecule has 0 aliphatic rings. The minimum absolute atomic E-state index is 0.239. The van der Waals surface area contributed by atoms with Crippen molar-refractivity contribution < 1.29 is 4.42 Å². The normalized spacial score (nSPS) is 11.2. The fourth-order valence-corrected chi connectivity index (χ4v) is 2.00. The lowest BCUT2D eigenvalue weighted by Crippen LogP contribution is -2.13. The zero-order valence-electron chi connectivity index (χ0n) is 9.03. The van der Waals surface area contributed by atoms with E-state index in [-0.39, 0.29) is 10.9 Å². The highest BCUT2D eigenvalue weighted by Crippen LogP contribution is 2.20. The van der Waals surface area contributed by atoms with E-state index in [1.807, 2.05) is 25.1 Å². The van der Waals surface area contributed by atoms with Crippen molar-refractivity contribution in [1.29, 1.82) is 0 Å². The number of aromatic amines is 1. The number of halogens is 1. The molecule has 0 fully saturated rings. The highest BCUT2D eigenvalue weighted by atomic mass is 35.5. The van der Waals surface area contributed by atoms with E-state index < -0.39 is 0 Å². The first-order valence-corrected chi connectivity index (χ1v) is 5.50. The summed E-state index contributed by atoms with van der Waals surface area (Å²) in [5, 5.41) is 0.258. The molecule has 0 radical (unpaired) electrons. The van der Waals surface area contributed by atoms with Crippen molar-refractivity contribution in [2.75, 3.05) is 0 Å². The summed E-state index contributed by atoms with van der Waals surface area (Å²) in [4.78, 5) is 14.6. The molecule has 2 heterocycles. The quantitative estimate of drug-likeness (QED) is 0.720. The number of imidazole rings is 1. The van der Waals surface area contributed by atoms with Crippen LogP contribution in [0.3, 0.4) is 0 Å². The molecule has 0 bridgehead atoms. The SMILES string of the molecule is Cc1ccc2[nH]c(=O)n(-c3ccc(Cl)o3)c2c1. The molecule has 0 spiro atoms. The second kappa shape index (κ2) is 3.53. The Hall–Kier alpha value is -1.94. The summed E-state index contributed by atoms with van der Waals surface area (Å²) >= 11 is 5.72. The number of nitrogens with one attached hydrogen (secondary N) is 1. The van der Waals surface area contributed by atoms with E-state index in [2.05, 4.69) is 4.98 Å². The van der Waals surface area contributed by atoms with Crippen LogP contribution in [0.25, 0.3) is 16.9 Å². The topological polar surface area (TPSA) is 50.9 Å². The van der Waals surface area contributed by atoms with E-state index in [4.69, 9.17) is 16.0 Å². The molecule has 0 amide bonds. The number of fused-ring (bicyclic) bond motifs is 1. The first-order valence-electron chi connectivity index (χ1n) is 5.12. The largest absolute Gasteiger partial charge is 0.428 e. The monoisotopic (exact) mass is 248 g/mol. The van der Waals surface area contributed by atoms with Crippen LogP contribution in [0.1, 0.15) is 5.56 Å². The van der Waals surface area contributed by atoms with Gasteiger partial charge in [0.05, 0.1) is 11.0 Å². The van der Waals surface area contributed by atoms with Crippen LogP contribution in [0, 0.1) is 6.92 Å². The molecule has 3 aromatic rings. The predicted octanol–water partition coefficient (Wildman–Crippen LogP) is 2.87. The molecule has 0 saturated carbocycles. The third-order valence-corrected chi connectivity index (χ3v) is 2.82. The Morgan fingerprint density at radius 2 is 2.12 bits per heavy atom. The van der Waals surface area contributed by atoms with Crippen molar-refractivity contribution in [3.63, 3.8) is 0 Å². The van der Waals surface area contributed by atoms with Crippen LogP contribution in [0.2, 0.25) is 5.22 Å². The number of hydrogen-bond acceptors (Lipinski definition) is 2. The Kier molecular flexibility index (Phi) is 2.12. The smallest absolute Gasteiger partial charge is 0.333 e. The lowest BCUT2D eigenvalue weighted by atomic mass is 10.2. The average molecular weight is 249 g/mol. The Balaban J connectivity index is 2.39. The molecule has 1 aromatic carbocycles. The van der Waals surface area contributed by atoms with Crippen LogP contribution in [0.5, 0.6) is 0 Å². The minimum Gasteiger partial charge on any atom is -0.428 e. The Bertz CT molecular complexity index is 751. The van der Waals surface area contributed by atoms with Crippen molar-refractivity contribution in [3.05, 3.63) is 51.6 Å². The third-order valence-electron chi connectivity index (χ3n) is 2.62. The first-order chi connectivity index (χ1) is 8.15. The van der Waals surface area contributed by atoms with Gasteiger partial charge in [-0.25, -0.2) is 9.36 Å². The Morgan fingerprint density at radius 1 is 1.29 bits per heavy atom. The van der Waals surface area contributed by atoms with Crippen LogP contribution in [0.4, 0.5) is 0 Å². The third kappa shape index (κ3) is 1.57. The highest BCUT2D eigenvalue weighted by Gasteiger charge is 2.11. The summed E-state index contributed by atoms with van der Waals surface area (Å²) in [6, 6.07) is 9.01. The van der Waals surface area contributed by atoms with Gasteiger partial charge in [0, 0.05) is 6.07 Å². The van der Waals surface area contributed by atoms with E-state index in [9.17, 15) is 4.79 Å². The molecule has 2 aromatic heterocycles. The van der Waals surface area contributed by atoms with Gasteiger partial charge in [-0.2, -0.15) is 0 Å². The van der Waals surface area contributed by atoms with E-state index in [1.54, 1.807) is 12.1 Å². The van der Waals surface area contributed by atoms with Gasteiger partial charge in [-0.3, -0.25) is 0 Å². The van der Waals surface area contributed by atoms with Gasteiger partial charge < -0.3 is 9.40 Å². The molecular formula is C12H9ClN2O2. The van der Waals surface area contributed by atoms with Crippen LogP contribution in [-0.2, 0) is 0 Å². The fraction of sp³-hybridized carbons (Fsp3) is 0.0833. The molecular weight excluding hydrogens is 240 g/mol. The first kappa shape index (κ1) is 10.2. The summed E-state index contributed by atoms with van der Waals surface area (Å²) < 4.78 is 6.73. The molecule has 0 atom stereocenters. The van der Waals surface area contributed by atoms with Crippen LogP contribution in [0.15, 0.2) is 39.5 Å². The molecule has 0 unspecified atom stereocenters. The number of nitrogens with zero attached hydrogens (tertiary/aromatic N) is 1. The van der Waals surface area contributed by atoms with Crippen molar-refractivity contribution in [2.24, 2.45) is 0 Å². The number of hydrogen-bond donors (Lipinski definition) is 1. The number of furan rings is 1. The minimum atomic E-state index is -0.239. The van der Waals surface area contributed by atoms with Gasteiger partial charge in [-0.05, 0) is 42.3 Å². The molecule has 1 N–H and O–H groups in total. The molecule has 3 rings (SSSR count). The van der Waals surface area contributed by atoms with E-state index in [0.717, 1.165) is 16.6 Å². The van der Waals surface area contributed by atoms with Crippen molar-refractivity contribution in [1.82, 2.24) is 9.55 Å². The standard InChI is InChI=1S/C12H9ClN2O2/c1-7-2-3-8-9(6-7)15(12(16)14-8)11-5-4-10(13)17-11/h2-6H,1H3,(H,14,16). The lowest BCUT2D eigenvalue weighted by molar-refractivity contribution is 0.540. The summed E-state index contributed by atoms with van der Waals surface area (Å²) in [5.74, 6) is 0.414. The number of H-pyrrole nitrogens is 1. The van der Waals surface area contributed by atoms with Crippen molar-refractivity contribution in [3.8, 4) is 5.88 Å². The zero-order valence-corrected chi connectivity index (χ0v) is 9.78. The van der Waals surface area contributed by atoms with Crippen LogP contribution >= 0.6 is 11.6 Å². The van der Waals surface area contributed by atoms with Gasteiger partial charge in [0.2, 0.25) is 5.88 Å². The maximum Gasteiger partial charge on any atom is 0.333 e. The van der Waals surface area contributed by atoms with Crippen LogP contribution < -0.4 is 5.69 Å². The molecule has 17 heavy (non-hydrogen) atoms. The summed E-state index contributed by atoms with van der Waals surface area (Å²) in [6.07, 6.45) is 0. The number of aryl methyl sites for hydroxylation is 1. The molecule has 0 saturated heterocycles. The van der Waals surface area contributed by atoms with Crippen LogP contribution in [-0.4, -0.2) is 9.55 Å². The molecule has 0 aliphatic heterocycles. The summed E-state index contributed by atoms with van der Waals surface area (Å²) in [7, 11) is 0. The second-order valence-electron chi connectivity index (χ2n) is 3.86. The van der Waals surface area contributed by atoms with Gasteiger partial charge in [-0.1, -0.05) is 6.07 Å². The van der Waals surface area contributed by atoms with Crippen molar-refractivity contribution in [2.45, 2.75) is 6.92 Å². The summed E-state index contributed by atoms with van der Waals surface area (Å²) in [5.41, 5.74) is 2.38. The van der Waals surface area contributed by atoms with Gasteiger partial charge in [0.15, 0.2) is 5.22 Å². The average Bonchev–Trinajstić information content (AvgIpc) is 2.81. The molecule has 4 nitrogen and oxygen atoms in total. The lowest BCUT2D eigenvalue weighted by Gasteiger charge is -1.99. The number of aromatic nitrogens is 2. The van der Waals surface area contributed by atoms with Crippen molar-refractivity contribution >= 4 is 22.6 Å². The molecule has 5 heteroatoms. The second-order valence-corrected chi connectivity index (χ2v) is 4.24. The maximum atomic E-state index is 11.9. The summed E-state index contributed by atoms with van der Waals surface area (Å²) in [6.45, 7) is 1.97. The van der Waals surface area contributed by atoms with E-state index in [1.165, 1.54) is 4.57 Å². The Labute approximate surface area is 101 Å². The molecule has 86 valence electrons. The van der Waals surface area contributed by atoms with Gasteiger partial charge in [0.25, 0.3) is 0 Å². The Morgan fingerprint density at radius 3 is 2.82 bits per heavy atom. The zero-order chi connectivity index (χ0) is 12.0. The fourth-order valence-electron chi connectivity index (χ4n) is 1.86. The maximum absolute atomic E-state index is 11.9. The van der Waals surface area contributed by atoms with Gasteiger partial charge in [0.1, 0.15) is 0 Å². The van der Waals surface area contributed by atoms with E-state index >= 15 is 0 Å². The van der Waals surface area contributed by atoms with Gasteiger partial charge >= 0.3 is 5.69 Å².